The number of amides is 1. The first kappa shape index (κ1) is 23.1. The summed E-state index contributed by atoms with van der Waals surface area (Å²) < 4.78 is 0. The molecule has 0 aliphatic heterocycles. The minimum Gasteiger partial charge on any atom is -0.387 e. The third-order valence-electron chi connectivity index (χ3n) is 5.39. The number of rotatable bonds is 9. The highest BCUT2D eigenvalue weighted by Gasteiger charge is 2.18. The molecule has 174 valence electrons. The molecule has 10 nitrogen and oxygen atoms in total. The Balaban J connectivity index is 1.68. The van der Waals surface area contributed by atoms with Crippen molar-refractivity contribution in [3.8, 4) is 11.4 Å². The number of nitrogens with one attached hydrogen (secondary N) is 5. The number of nitrogens with zero attached hydrogens (tertiary/aromatic N) is 2. The summed E-state index contributed by atoms with van der Waals surface area (Å²) in [4.78, 5) is 34.0. The van der Waals surface area contributed by atoms with Crippen molar-refractivity contribution in [2.45, 2.75) is 19.2 Å². The number of benzene rings is 2. The maximum absolute atomic E-state index is 12.7. The number of imidazole rings is 1. The number of halogens is 1. The number of fused-ring (bicyclic) bond motifs is 1. The minimum atomic E-state index is -0.845. The van der Waals surface area contributed by atoms with Crippen LogP contribution in [0.4, 0.5) is 5.69 Å². The van der Waals surface area contributed by atoms with Crippen molar-refractivity contribution in [3.05, 3.63) is 80.7 Å². The predicted octanol–water partition coefficient (Wildman–Crippen LogP) is 3.80. The van der Waals surface area contributed by atoms with E-state index in [1.165, 1.54) is 6.20 Å². The number of anilines is 1. The lowest BCUT2D eigenvalue weighted by Gasteiger charge is -2.15. The van der Waals surface area contributed by atoms with Gasteiger partial charge in [0.1, 0.15) is 11.4 Å². The van der Waals surface area contributed by atoms with Crippen molar-refractivity contribution < 1.29 is 9.90 Å². The van der Waals surface area contributed by atoms with Gasteiger partial charge in [-0.15, -0.1) is 0 Å². The SMILES string of the molecule is Cc1cc(C(N=N)NC=O)cc2[nH]c(-c3c(NCC(O)c4cccc(Cl)c4)cc[nH]c3=O)nc12. The van der Waals surface area contributed by atoms with E-state index in [1.54, 1.807) is 42.5 Å². The molecule has 0 radical (unpaired) electrons. The molecule has 2 atom stereocenters. The van der Waals surface area contributed by atoms with Crippen LogP contribution in [0, 0.1) is 12.5 Å². The van der Waals surface area contributed by atoms with E-state index in [1.807, 2.05) is 6.92 Å². The van der Waals surface area contributed by atoms with Crippen LogP contribution in [0.15, 0.2) is 58.6 Å². The van der Waals surface area contributed by atoms with Crippen LogP contribution in [0.1, 0.15) is 29.0 Å². The van der Waals surface area contributed by atoms with E-state index in [9.17, 15) is 14.7 Å². The molecule has 0 fully saturated rings. The average Bonchev–Trinajstić information content (AvgIpc) is 3.25. The summed E-state index contributed by atoms with van der Waals surface area (Å²) in [5.41, 5.74) is 11.0. The number of hydrogen-bond acceptors (Lipinski definition) is 7. The van der Waals surface area contributed by atoms with E-state index in [-0.39, 0.29) is 17.7 Å². The van der Waals surface area contributed by atoms with Crippen molar-refractivity contribution >= 4 is 34.7 Å². The molecule has 34 heavy (non-hydrogen) atoms. The van der Waals surface area contributed by atoms with Gasteiger partial charge in [0.2, 0.25) is 6.41 Å². The summed E-state index contributed by atoms with van der Waals surface area (Å²) in [6.45, 7) is 1.98. The van der Waals surface area contributed by atoms with Gasteiger partial charge in [0.15, 0.2) is 6.17 Å². The third kappa shape index (κ3) is 4.68. The van der Waals surface area contributed by atoms with Crippen LogP contribution in [-0.2, 0) is 4.79 Å². The van der Waals surface area contributed by atoms with Gasteiger partial charge in [0, 0.05) is 23.3 Å². The van der Waals surface area contributed by atoms with E-state index in [4.69, 9.17) is 17.1 Å². The molecular formula is C23H22ClN7O3. The molecule has 0 saturated heterocycles. The topological polar surface area (TPSA) is 159 Å². The van der Waals surface area contributed by atoms with Gasteiger partial charge >= 0.3 is 0 Å². The molecule has 4 rings (SSSR count). The molecule has 4 aromatic rings. The Hall–Kier alpha value is -4.02. The standard InChI is InChI=1S/C23H22ClN7O3/c1-12-7-14(21(31-25)28-11-32)9-17-20(12)30-22(29-17)19-16(5-6-26-23(19)34)27-10-18(33)13-3-2-4-15(24)8-13/h2-9,11,18,21,25,33H,10H2,1H3,(H,28,32)(H,29,30)(H2,26,27,34). The van der Waals surface area contributed by atoms with E-state index in [0.717, 1.165) is 5.56 Å². The highest BCUT2D eigenvalue weighted by atomic mass is 35.5. The fraction of sp³-hybridized carbons (Fsp3) is 0.174. The quantitative estimate of drug-likeness (QED) is 0.159. The Labute approximate surface area is 198 Å². The highest BCUT2D eigenvalue weighted by Crippen LogP contribution is 2.29. The number of aromatic nitrogens is 3. The number of aryl methyl sites for hydroxylation is 1. The molecule has 2 heterocycles. The lowest BCUT2D eigenvalue weighted by atomic mass is 10.1. The van der Waals surface area contributed by atoms with Crippen LogP contribution in [0.5, 0.6) is 0 Å². The number of H-pyrrole nitrogens is 2. The molecular weight excluding hydrogens is 458 g/mol. The fourth-order valence-corrected chi connectivity index (χ4v) is 3.97. The number of hydrogen-bond donors (Lipinski definition) is 6. The van der Waals surface area contributed by atoms with Gasteiger partial charge in [-0.05, 0) is 48.4 Å². The first-order valence-electron chi connectivity index (χ1n) is 10.4. The van der Waals surface area contributed by atoms with Gasteiger partial charge in [0.05, 0.1) is 22.8 Å². The van der Waals surface area contributed by atoms with Crippen LogP contribution in [0.2, 0.25) is 5.02 Å². The van der Waals surface area contributed by atoms with Crippen molar-refractivity contribution in [1.82, 2.24) is 20.3 Å². The Morgan fingerprint density at radius 3 is 2.82 bits per heavy atom. The molecule has 0 aliphatic carbocycles. The Morgan fingerprint density at radius 1 is 1.26 bits per heavy atom. The largest absolute Gasteiger partial charge is 0.387 e. The van der Waals surface area contributed by atoms with Crippen LogP contribution in [0.25, 0.3) is 22.4 Å². The van der Waals surface area contributed by atoms with Crippen molar-refractivity contribution in [3.63, 3.8) is 0 Å². The number of pyridine rings is 1. The summed E-state index contributed by atoms with van der Waals surface area (Å²) in [6.07, 6.45) is 0.331. The zero-order valence-corrected chi connectivity index (χ0v) is 18.8. The summed E-state index contributed by atoms with van der Waals surface area (Å²) in [7, 11) is 0. The number of aromatic amines is 2. The summed E-state index contributed by atoms with van der Waals surface area (Å²) in [5, 5.41) is 20.1. The Kier molecular flexibility index (Phi) is 6.71. The predicted molar refractivity (Wildman–Crippen MR) is 129 cm³/mol. The molecule has 2 aromatic heterocycles. The van der Waals surface area contributed by atoms with Crippen molar-refractivity contribution in [2.75, 3.05) is 11.9 Å². The summed E-state index contributed by atoms with van der Waals surface area (Å²) in [5.74, 6) is 0.333. The molecule has 0 saturated carbocycles. The van der Waals surface area contributed by atoms with Crippen LogP contribution in [0.3, 0.4) is 0 Å². The van der Waals surface area contributed by atoms with E-state index in [0.29, 0.717) is 45.1 Å². The molecule has 6 N–H and O–H groups in total. The fourth-order valence-electron chi connectivity index (χ4n) is 3.77. The molecule has 0 spiro atoms. The zero-order chi connectivity index (χ0) is 24.2. The van der Waals surface area contributed by atoms with Gasteiger partial charge in [-0.2, -0.15) is 5.11 Å². The monoisotopic (exact) mass is 479 g/mol. The normalized spacial score (nSPS) is 12.8. The minimum absolute atomic E-state index is 0.143. The van der Waals surface area contributed by atoms with Gasteiger partial charge < -0.3 is 25.7 Å². The maximum atomic E-state index is 12.7. The van der Waals surface area contributed by atoms with Crippen molar-refractivity contribution in [2.24, 2.45) is 5.11 Å². The van der Waals surface area contributed by atoms with Gasteiger partial charge in [0.25, 0.3) is 5.56 Å². The van der Waals surface area contributed by atoms with E-state index in [2.05, 4.69) is 30.7 Å². The Bertz CT molecular complexity index is 1420. The maximum Gasteiger partial charge on any atom is 0.261 e. The molecule has 1 amide bonds. The third-order valence-corrected chi connectivity index (χ3v) is 5.62. The Morgan fingerprint density at radius 2 is 2.09 bits per heavy atom. The van der Waals surface area contributed by atoms with Gasteiger partial charge in [-0.25, -0.2) is 10.5 Å². The lowest BCUT2D eigenvalue weighted by Crippen LogP contribution is -2.17. The van der Waals surface area contributed by atoms with Crippen LogP contribution < -0.4 is 16.2 Å². The zero-order valence-electron chi connectivity index (χ0n) is 18.1. The molecule has 2 aromatic carbocycles. The lowest BCUT2D eigenvalue weighted by molar-refractivity contribution is -0.110. The first-order valence-corrected chi connectivity index (χ1v) is 10.7. The van der Waals surface area contributed by atoms with Gasteiger partial charge in [-0.3, -0.25) is 9.59 Å². The second-order valence-corrected chi connectivity index (χ2v) is 8.12. The first-order chi connectivity index (χ1) is 16.4. The summed E-state index contributed by atoms with van der Waals surface area (Å²) >= 11 is 6.01. The van der Waals surface area contributed by atoms with Crippen molar-refractivity contribution in [1.29, 1.82) is 5.53 Å². The molecule has 2 unspecified atom stereocenters. The number of aliphatic hydroxyl groups is 1. The van der Waals surface area contributed by atoms with Gasteiger partial charge in [-0.1, -0.05) is 23.7 Å². The summed E-state index contributed by atoms with van der Waals surface area (Å²) in [6, 6.07) is 12.1. The second-order valence-electron chi connectivity index (χ2n) is 7.68. The second kappa shape index (κ2) is 9.86. The van der Waals surface area contributed by atoms with E-state index < -0.39 is 12.3 Å². The molecule has 0 aliphatic rings. The van der Waals surface area contributed by atoms with Crippen LogP contribution >= 0.6 is 11.6 Å². The smallest absolute Gasteiger partial charge is 0.261 e. The van der Waals surface area contributed by atoms with E-state index >= 15 is 0 Å². The number of carbonyl (C=O) groups is 1. The average molecular weight is 480 g/mol. The molecule has 11 heteroatoms. The highest BCUT2D eigenvalue weighted by molar-refractivity contribution is 6.30. The number of carbonyl (C=O) groups excluding carboxylic acids is 1. The number of aliphatic hydroxyl groups excluding tert-OH is 1. The molecule has 0 bridgehead atoms. The van der Waals surface area contributed by atoms with Crippen LogP contribution in [-0.4, -0.2) is 33.0 Å².